The molecular formula is C27H24ClN3O4. The van der Waals surface area contributed by atoms with Crippen LogP contribution in [-0.2, 0) is 19.6 Å². The first-order chi connectivity index (χ1) is 16.9. The summed E-state index contributed by atoms with van der Waals surface area (Å²) in [6.07, 6.45) is 1.97. The van der Waals surface area contributed by atoms with Crippen LogP contribution in [0.25, 0.3) is 0 Å². The van der Waals surface area contributed by atoms with E-state index >= 15 is 0 Å². The van der Waals surface area contributed by atoms with E-state index in [0.717, 1.165) is 22.6 Å². The Labute approximate surface area is 208 Å². The Balaban J connectivity index is 1.63. The van der Waals surface area contributed by atoms with Crippen molar-refractivity contribution in [1.29, 1.82) is 0 Å². The van der Waals surface area contributed by atoms with Gasteiger partial charge in [0.05, 0.1) is 18.6 Å². The topological polar surface area (TPSA) is 77.6 Å². The Morgan fingerprint density at radius 2 is 1.74 bits per heavy atom. The molecule has 4 rings (SSSR count). The molecule has 0 aliphatic carbocycles. The fraction of sp³-hybridized carbons (Fsp3) is 0.148. The summed E-state index contributed by atoms with van der Waals surface area (Å²) < 4.78 is 7.40. The highest BCUT2D eigenvalue weighted by molar-refractivity contribution is 6.32. The number of ether oxygens (including phenoxy) is 1. The molecule has 0 unspecified atom stereocenters. The van der Waals surface area contributed by atoms with Crippen molar-refractivity contribution in [3.8, 4) is 5.75 Å². The summed E-state index contributed by atoms with van der Waals surface area (Å²) >= 11 is 5.96. The van der Waals surface area contributed by atoms with Crippen molar-refractivity contribution < 1.29 is 14.5 Å². The quantitative estimate of drug-likeness (QED) is 0.215. The van der Waals surface area contributed by atoms with E-state index < -0.39 is 4.92 Å². The summed E-state index contributed by atoms with van der Waals surface area (Å²) in [6, 6.07) is 25.5. The van der Waals surface area contributed by atoms with Gasteiger partial charge in [0.1, 0.15) is 10.8 Å². The molecule has 35 heavy (non-hydrogen) atoms. The monoisotopic (exact) mass is 489 g/mol. The Bertz CT molecular complexity index is 1340. The summed E-state index contributed by atoms with van der Waals surface area (Å²) in [4.78, 5) is 26.0. The number of methoxy groups -OCH3 is 1. The predicted octanol–water partition coefficient (Wildman–Crippen LogP) is 5.95. The first-order valence-electron chi connectivity index (χ1n) is 11.0. The third-order valence-corrected chi connectivity index (χ3v) is 5.98. The molecule has 0 bridgehead atoms. The van der Waals surface area contributed by atoms with Crippen molar-refractivity contribution in [3.63, 3.8) is 0 Å². The molecule has 0 saturated carbocycles. The fourth-order valence-electron chi connectivity index (χ4n) is 3.88. The van der Waals surface area contributed by atoms with Crippen LogP contribution in [0.1, 0.15) is 27.2 Å². The van der Waals surface area contributed by atoms with Crippen LogP contribution in [0.5, 0.6) is 5.75 Å². The molecule has 0 saturated heterocycles. The van der Waals surface area contributed by atoms with Gasteiger partial charge in [0.2, 0.25) is 0 Å². The number of benzene rings is 3. The summed E-state index contributed by atoms with van der Waals surface area (Å²) in [5, 5.41) is 11.4. The maximum Gasteiger partial charge on any atom is 0.288 e. The summed E-state index contributed by atoms with van der Waals surface area (Å²) in [6.45, 7) is 1.28. The second-order valence-corrected chi connectivity index (χ2v) is 8.46. The molecule has 4 aromatic rings. The molecule has 0 aliphatic rings. The minimum absolute atomic E-state index is 0.00618. The molecule has 3 aromatic carbocycles. The largest absolute Gasteiger partial charge is 0.497 e. The second-order valence-electron chi connectivity index (χ2n) is 8.05. The molecule has 0 fully saturated rings. The number of amides is 1. The van der Waals surface area contributed by atoms with Gasteiger partial charge < -0.3 is 14.2 Å². The van der Waals surface area contributed by atoms with E-state index in [1.807, 2.05) is 72.9 Å². The lowest BCUT2D eigenvalue weighted by atomic mass is 10.1. The number of halogens is 1. The van der Waals surface area contributed by atoms with Gasteiger partial charge >= 0.3 is 0 Å². The van der Waals surface area contributed by atoms with Crippen LogP contribution < -0.4 is 4.74 Å². The van der Waals surface area contributed by atoms with Crippen LogP contribution in [0.2, 0.25) is 5.02 Å². The highest BCUT2D eigenvalue weighted by Crippen LogP contribution is 2.26. The van der Waals surface area contributed by atoms with Gasteiger partial charge in [0.15, 0.2) is 0 Å². The third-order valence-electron chi connectivity index (χ3n) is 5.66. The highest BCUT2D eigenvalue weighted by atomic mass is 35.5. The van der Waals surface area contributed by atoms with Gasteiger partial charge in [-0.15, -0.1) is 0 Å². The molecule has 8 heteroatoms. The van der Waals surface area contributed by atoms with E-state index in [-0.39, 0.29) is 22.2 Å². The van der Waals surface area contributed by atoms with E-state index in [1.54, 1.807) is 12.0 Å². The molecule has 0 spiro atoms. The molecule has 0 radical (unpaired) electrons. The maximum absolute atomic E-state index is 13.5. The Morgan fingerprint density at radius 1 is 0.971 bits per heavy atom. The number of rotatable bonds is 9. The van der Waals surface area contributed by atoms with Crippen LogP contribution >= 0.6 is 11.6 Å². The average Bonchev–Trinajstić information content (AvgIpc) is 3.30. The van der Waals surface area contributed by atoms with Crippen molar-refractivity contribution >= 4 is 23.2 Å². The van der Waals surface area contributed by atoms with E-state index in [0.29, 0.717) is 19.6 Å². The number of nitrogens with zero attached hydrogens (tertiary/aromatic N) is 3. The molecule has 0 aliphatic heterocycles. The minimum Gasteiger partial charge on any atom is -0.497 e. The molecule has 0 atom stereocenters. The molecule has 7 nitrogen and oxygen atoms in total. The Morgan fingerprint density at radius 3 is 2.49 bits per heavy atom. The number of carbonyl (C=O) groups is 1. The van der Waals surface area contributed by atoms with Gasteiger partial charge in [0.25, 0.3) is 11.6 Å². The smallest absolute Gasteiger partial charge is 0.288 e. The number of carbonyl (C=O) groups excluding carboxylic acids is 1. The number of nitro benzene ring substituents is 1. The van der Waals surface area contributed by atoms with Gasteiger partial charge in [-0.25, -0.2) is 0 Å². The van der Waals surface area contributed by atoms with Gasteiger partial charge in [-0.2, -0.15) is 0 Å². The van der Waals surface area contributed by atoms with Crippen LogP contribution in [0.3, 0.4) is 0 Å². The summed E-state index contributed by atoms with van der Waals surface area (Å²) in [7, 11) is 1.63. The lowest BCUT2D eigenvalue weighted by Crippen LogP contribution is -2.31. The zero-order valence-electron chi connectivity index (χ0n) is 19.1. The van der Waals surface area contributed by atoms with Crippen molar-refractivity contribution in [2.24, 2.45) is 0 Å². The van der Waals surface area contributed by atoms with E-state index in [4.69, 9.17) is 16.3 Å². The lowest BCUT2D eigenvalue weighted by molar-refractivity contribution is -0.384. The first-order valence-corrected chi connectivity index (χ1v) is 11.4. The average molecular weight is 490 g/mol. The third kappa shape index (κ3) is 5.88. The minimum atomic E-state index is -0.583. The van der Waals surface area contributed by atoms with Gasteiger partial charge in [-0.1, -0.05) is 54.1 Å². The maximum atomic E-state index is 13.5. The predicted molar refractivity (Wildman–Crippen MR) is 135 cm³/mol. The summed E-state index contributed by atoms with van der Waals surface area (Å²) in [5.41, 5.74) is 2.87. The zero-order valence-corrected chi connectivity index (χ0v) is 19.9. The fourth-order valence-corrected chi connectivity index (χ4v) is 4.07. The number of aromatic nitrogens is 1. The molecule has 1 amide bonds. The Hall–Kier alpha value is -4.10. The van der Waals surface area contributed by atoms with E-state index in [1.165, 1.54) is 18.2 Å². The Kier molecular flexibility index (Phi) is 7.48. The number of hydrogen-bond acceptors (Lipinski definition) is 4. The van der Waals surface area contributed by atoms with Crippen molar-refractivity contribution in [2.45, 2.75) is 19.6 Å². The number of nitro groups is 1. The van der Waals surface area contributed by atoms with E-state index in [2.05, 4.69) is 4.57 Å². The first kappa shape index (κ1) is 24.0. The lowest BCUT2D eigenvalue weighted by Gasteiger charge is -2.24. The number of hydrogen-bond donors (Lipinski definition) is 0. The van der Waals surface area contributed by atoms with E-state index in [9.17, 15) is 14.9 Å². The standard InChI is InChI=1S/C27H24ClN3O4/c1-35-24-11-5-9-21(15-24)18-29-14-6-10-23(29)19-30(17-20-7-3-2-4-8-20)27(32)22-12-13-25(28)26(16-22)31(33)34/h2-16H,17-19H2,1H3. The van der Waals surface area contributed by atoms with Crippen LogP contribution in [-0.4, -0.2) is 27.4 Å². The van der Waals surface area contributed by atoms with Crippen LogP contribution in [0, 0.1) is 10.1 Å². The van der Waals surface area contributed by atoms with Gasteiger partial charge in [0, 0.05) is 36.6 Å². The van der Waals surface area contributed by atoms with Crippen molar-refractivity contribution in [3.05, 3.63) is 129 Å². The zero-order chi connectivity index (χ0) is 24.8. The highest BCUT2D eigenvalue weighted by Gasteiger charge is 2.22. The molecule has 1 heterocycles. The van der Waals surface area contributed by atoms with Crippen LogP contribution in [0.15, 0.2) is 91.1 Å². The normalized spacial score (nSPS) is 10.7. The SMILES string of the molecule is COc1cccc(Cn2cccc2CN(Cc2ccccc2)C(=O)c2ccc(Cl)c([N+](=O)[O-])c2)c1. The molecule has 178 valence electrons. The summed E-state index contributed by atoms with van der Waals surface area (Å²) in [5.74, 6) is 0.462. The van der Waals surface area contributed by atoms with Gasteiger partial charge in [-0.05, 0) is 47.5 Å². The van der Waals surface area contributed by atoms with Crippen LogP contribution in [0.4, 0.5) is 5.69 Å². The molecule has 0 N–H and O–H groups in total. The second kappa shape index (κ2) is 10.9. The van der Waals surface area contributed by atoms with Crippen molar-refractivity contribution in [1.82, 2.24) is 9.47 Å². The molecule has 1 aromatic heterocycles. The van der Waals surface area contributed by atoms with Gasteiger partial charge in [-0.3, -0.25) is 14.9 Å². The van der Waals surface area contributed by atoms with Crippen molar-refractivity contribution in [2.75, 3.05) is 7.11 Å². The molecular weight excluding hydrogens is 466 g/mol.